The molecule has 0 radical (unpaired) electrons. The molecule has 2 aromatic carbocycles. The van der Waals surface area contributed by atoms with Crippen molar-refractivity contribution < 1.29 is 8.81 Å². The summed E-state index contributed by atoms with van der Waals surface area (Å²) in [5.74, 6) is 1.00. The quantitative estimate of drug-likeness (QED) is 0.161. The maximum absolute atomic E-state index is 15.3. The zero-order valence-electron chi connectivity index (χ0n) is 21.1. The topological polar surface area (TPSA) is 30.2 Å². The van der Waals surface area contributed by atoms with Gasteiger partial charge < -0.3 is 4.42 Å². The first kappa shape index (κ1) is 24.9. The van der Waals surface area contributed by atoms with Gasteiger partial charge in [0.25, 0.3) is 0 Å². The molecule has 1 aliphatic carbocycles. The number of benzene rings is 2. The van der Waals surface area contributed by atoms with E-state index in [2.05, 4.69) is 19.9 Å². The van der Waals surface area contributed by atoms with Gasteiger partial charge in [0.15, 0.2) is 11.4 Å². The second-order valence-corrected chi connectivity index (χ2v) is 10.5. The number of fused-ring (bicyclic) bond motifs is 3. The highest BCUT2D eigenvalue weighted by molar-refractivity contribution is 6.04. The predicted octanol–water partition coefficient (Wildman–Crippen LogP) is 9.45. The summed E-state index contributed by atoms with van der Waals surface area (Å²) in [6, 6.07) is 10.00. The molecule has 0 unspecified atom stereocenters. The maximum Gasteiger partial charge on any atom is 0.344 e. The van der Waals surface area contributed by atoms with Crippen LogP contribution in [0.1, 0.15) is 114 Å². The van der Waals surface area contributed by atoms with Crippen LogP contribution in [0.25, 0.3) is 21.7 Å². The minimum atomic E-state index is -0.420. The third kappa shape index (κ3) is 5.73. The Morgan fingerprint density at radius 2 is 1.53 bits per heavy atom. The Morgan fingerprint density at radius 3 is 2.26 bits per heavy atom. The molecule has 3 aromatic rings. The van der Waals surface area contributed by atoms with Crippen LogP contribution in [0.3, 0.4) is 0 Å². The van der Waals surface area contributed by atoms with Crippen LogP contribution in [0.2, 0.25) is 0 Å². The van der Waals surface area contributed by atoms with Crippen LogP contribution in [0.5, 0.6) is 0 Å². The third-order valence-corrected chi connectivity index (χ3v) is 7.99. The lowest BCUT2D eigenvalue weighted by atomic mass is 9.77. The van der Waals surface area contributed by atoms with Crippen LogP contribution in [0.15, 0.2) is 39.5 Å². The van der Waals surface area contributed by atoms with Crippen molar-refractivity contribution in [3.63, 3.8) is 0 Å². The average molecular weight is 465 g/mol. The summed E-state index contributed by atoms with van der Waals surface area (Å²) in [6.45, 7) is 4.49. The molecule has 0 N–H and O–H groups in total. The van der Waals surface area contributed by atoms with Gasteiger partial charge in [-0.1, -0.05) is 89.5 Å². The van der Waals surface area contributed by atoms with Gasteiger partial charge in [-0.2, -0.15) is 0 Å². The molecule has 1 heterocycles. The lowest BCUT2D eigenvalue weighted by Crippen LogP contribution is -2.13. The predicted molar refractivity (Wildman–Crippen MR) is 141 cm³/mol. The van der Waals surface area contributed by atoms with Gasteiger partial charge in [-0.25, -0.2) is 9.18 Å². The molecule has 3 heteroatoms. The fraction of sp³-hybridized carbons (Fsp3) is 0.581. The Balaban J connectivity index is 1.50. The van der Waals surface area contributed by atoms with Gasteiger partial charge in [-0.15, -0.1) is 0 Å². The van der Waals surface area contributed by atoms with Gasteiger partial charge in [0, 0.05) is 10.8 Å². The van der Waals surface area contributed by atoms with E-state index in [1.165, 1.54) is 76.2 Å². The number of hydrogen-bond acceptors (Lipinski definition) is 2. The molecule has 0 atom stereocenters. The summed E-state index contributed by atoms with van der Waals surface area (Å²) >= 11 is 0. The van der Waals surface area contributed by atoms with Gasteiger partial charge in [0.05, 0.1) is 5.39 Å². The number of unbranched alkanes of at least 4 members (excludes halogenated alkanes) is 6. The summed E-state index contributed by atoms with van der Waals surface area (Å²) < 4.78 is 20.9. The largest absolute Gasteiger partial charge is 0.419 e. The SMILES string of the molecule is CCCCCCCCCc1ccc2c(oc(=O)c3cc(C4CCC(CCC)CC4)ccc32)c1F. The highest BCUT2D eigenvalue weighted by Crippen LogP contribution is 2.38. The van der Waals surface area contributed by atoms with Gasteiger partial charge >= 0.3 is 5.63 Å². The van der Waals surface area contributed by atoms with E-state index >= 15 is 4.39 Å². The van der Waals surface area contributed by atoms with Gasteiger partial charge in [-0.05, 0) is 67.6 Å². The Hall–Kier alpha value is -2.16. The molecule has 34 heavy (non-hydrogen) atoms. The van der Waals surface area contributed by atoms with Crippen molar-refractivity contribution in [3.8, 4) is 0 Å². The van der Waals surface area contributed by atoms with E-state index in [1.54, 1.807) is 0 Å². The zero-order valence-corrected chi connectivity index (χ0v) is 21.1. The molecule has 2 nitrogen and oxygen atoms in total. The van der Waals surface area contributed by atoms with Gasteiger partial charge in [0.1, 0.15) is 0 Å². The van der Waals surface area contributed by atoms with Crippen molar-refractivity contribution in [2.24, 2.45) is 5.92 Å². The van der Waals surface area contributed by atoms with Crippen molar-refractivity contribution in [1.29, 1.82) is 0 Å². The second-order valence-electron chi connectivity index (χ2n) is 10.5. The van der Waals surface area contributed by atoms with Crippen molar-refractivity contribution in [3.05, 3.63) is 57.7 Å². The van der Waals surface area contributed by atoms with Crippen LogP contribution >= 0.6 is 0 Å². The Labute approximate surface area is 203 Å². The summed E-state index contributed by atoms with van der Waals surface area (Å²) in [5, 5.41) is 2.09. The summed E-state index contributed by atoms with van der Waals surface area (Å²) in [7, 11) is 0. The fourth-order valence-electron chi connectivity index (χ4n) is 5.93. The Morgan fingerprint density at radius 1 is 0.824 bits per heavy atom. The molecule has 4 rings (SSSR count). The van der Waals surface area contributed by atoms with E-state index < -0.39 is 5.63 Å². The fourth-order valence-corrected chi connectivity index (χ4v) is 5.93. The Kier molecular flexibility index (Phi) is 8.80. The minimum absolute atomic E-state index is 0.116. The molecule has 1 saturated carbocycles. The minimum Gasteiger partial charge on any atom is -0.419 e. The smallest absolute Gasteiger partial charge is 0.344 e. The normalized spacial score (nSPS) is 18.7. The van der Waals surface area contributed by atoms with Crippen molar-refractivity contribution in [1.82, 2.24) is 0 Å². The van der Waals surface area contributed by atoms with E-state index in [9.17, 15) is 4.79 Å². The standard InChI is InChI=1S/C31H41FO2/c1-3-5-6-7-8-9-10-12-24-17-20-27-26-19-18-25(23-15-13-22(11-4-2)14-16-23)21-28(26)31(33)34-30(27)29(24)32/h17-23H,3-16H2,1-2H3. The molecule has 0 bridgehead atoms. The molecular formula is C31H41FO2. The molecule has 0 amide bonds. The second kappa shape index (κ2) is 12.0. The first-order valence-corrected chi connectivity index (χ1v) is 13.8. The summed E-state index contributed by atoms with van der Waals surface area (Å²) in [4.78, 5) is 12.9. The highest BCUT2D eigenvalue weighted by Gasteiger charge is 2.23. The van der Waals surface area contributed by atoms with Crippen LogP contribution in [-0.2, 0) is 6.42 Å². The lowest BCUT2D eigenvalue weighted by molar-refractivity contribution is 0.308. The molecule has 0 spiro atoms. The van der Waals surface area contributed by atoms with Crippen molar-refractivity contribution in [2.75, 3.05) is 0 Å². The first-order chi connectivity index (χ1) is 16.6. The van der Waals surface area contributed by atoms with Gasteiger partial charge in [-0.3, -0.25) is 0 Å². The van der Waals surface area contributed by atoms with E-state index in [4.69, 9.17) is 4.42 Å². The highest BCUT2D eigenvalue weighted by atomic mass is 19.1. The van der Waals surface area contributed by atoms with Crippen LogP contribution in [-0.4, -0.2) is 0 Å². The van der Waals surface area contributed by atoms with Crippen molar-refractivity contribution in [2.45, 2.75) is 110 Å². The first-order valence-electron chi connectivity index (χ1n) is 13.8. The molecule has 184 valence electrons. The summed E-state index contributed by atoms with van der Waals surface area (Å²) in [5.41, 5.74) is 1.58. The monoisotopic (exact) mass is 464 g/mol. The van der Waals surface area contributed by atoms with Crippen LogP contribution < -0.4 is 5.63 Å². The van der Waals surface area contributed by atoms with E-state index in [0.29, 0.717) is 28.7 Å². The molecule has 0 saturated heterocycles. The number of rotatable bonds is 11. The molecule has 1 aromatic heterocycles. The maximum atomic E-state index is 15.3. The average Bonchev–Trinajstić information content (AvgIpc) is 2.86. The van der Waals surface area contributed by atoms with Gasteiger partial charge in [0.2, 0.25) is 0 Å². The lowest BCUT2D eigenvalue weighted by Gasteiger charge is -2.28. The van der Waals surface area contributed by atoms with Crippen molar-refractivity contribution >= 4 is 21.7 Å². The molecule has 1 fully saturated rings. The molecular weight excluding hydrogens is 423 g/mol. The van der Waals surface area contributed by atoms with E-state index in [0.717, 1.165) is 24.1 Å². The number of halogens is 1. The summed E-state index contributed by atoms with van der Waals surface area (Å²) in [6.07, 6.45) is 16.6. The van der Waals surface area contributed by atoms with E-state index in [-0.39, 0.29) is 11.4 Å². The zero-order chi connectivity index (χ0) is 23.9. The third-order valence-electron chi connectivity index (χ3n) is 7.99. The molecule has 1 aliphatic rings. The van der Waals surface area contributed by atoms with Crippen LogP contribution in [0, 0.1) is 11.7 Å². The number of hydrogen-bond donors (Lipinski definition) is 0. The Bertz CT molecular complexity index is 1140. The van der Waals surface area contributed by atoms with E-state index in [1.807, 2.05) is 24.3 Å². The van der Waals surface area contributed by atoms with Crippen LogP contribution in [0.4, 0.5) is 4.39 Å². The molecule has 0 aliphatic heterocycles. The number of aryl methyl sites for hydroxylation is 1.